The second-order valence-corrected chi connectivity index (χ2v) is 5.77. The molecule has 0 saturated heterocycles. The van der Waals surface area contributed by atoms with E-state index < -0.39 is 6.10 Å². The molecule has 0 saturated carbocycles. The number of hydrogen-bond acceptors (Lipinski definition) is 2. The lowest BCUT2D eigenvalue weighted by Gasteiger charge is -2.16. The van der Waals surface area contributed by atoms with Gasteiger partial charge in [0.2, 0.25) is 0 Å². The van der Waals surface area contributed by atoms with Crippen LogP contribution < -0.4 is 10.1 Å². The highest BCUT2D eigenvalue weighted by Gasteiger charge is 2.15. The van der Waals surface area contributed by atoms with Gasteiger partial charge in [-0.2, -0.15) is 0 Å². The summed E-state index contributed by atoms with van der Waals surface area (Å²) >= 11 is 0. The quantitative estimate of drug-likeness (QED) is 0.733. The first-order chi connectivity index (χ1) is 11.7. The molecule has 3 nitrogen and oxygen atoms in total. The van der Waals surface area contributed by atoms with Gasteiger partial charge in [-0.1, -0.05) is 55.5 Å². The third-order valence-electron chi connectivity index (χ3n) is 4.06. The summed E-state index contributed by atoms with van der Waals surface area (Å²) in [5.74, 6) is 0.540. The molecule has 0 radical (unpaired) electrons. The zero-order valence-electron chi connectivity index (χ0n) is 14.0. The lowest BCUT2D eigenvalue weighted by Crippen LogP contribution is -2.30. The predicted octanol–water partition coefficient (Wildman–Crippen LogP) is 4.81. The van der Waals surface area contributed by atoms with Gasteiger partial charge in [0.1, 0.15) is 5.75 Å². The van der Waals surface area contributed by atoms with E-state index >= 15 is 0 Å². The van der Waals surface area contributed by atoms with E-state index in [1.54, 1.807) is 6.92 Å². The fourth-order valence-electron chi connectivity index (χ4n) is 2.63. The summed E-state index contributed by atoms with van der Waals surface area (Å²) in [5.41, 5.74) is 2.05. The van der Waals surface area contributed by atoms with E-state index in [1.807, 2.05) is 66.7 Å². The summed E-state index contributed by atoms with van der Waals surface area (Å²) in [5, 5.41) is 5.08. The maximum absolute atomic E-state index is 12.4. The van der Waals surface area contributed by atoms with Crippen LogP contribution in [0, 0.1) is 0 Å². The molecule has 0 spiro atoms. The number of carbonyl (C=O) groups excluding carboxylic acids is 1. The van der Waals surface area contributed by atoms with Crippen molar-refractivity contribution < 1.29 is 9.53 Å². The predicted molar refractivity (Wildman–Crippen MR) is 98.5 cm³/mol. The number of benzene rings is 3. The maximum Gasteiger partial charge on any atom is 0.265 e. The summed E-state index contributed by atoms with van der Waals surface area (Å²) in [6, 6.07) is 21.7. The minimum absolute atomic E-state index is 0.161. The van der Waals surface area contributed by atoms with E-state index in [9.17, 15) is 4.79 Å². The van der Waals surface area contributed by atoms with Crippen molar-refractivity contribution in [1.29, 1.82) is 0 Å². The first-order valence-electron chi connectivity index (χ1n) is 8.21. The molecule has 24 heavy (non-hydrogen) atoms. The van der Waals surface area contributed by atoms with Crippen molar-refractivity contribution in [3.63, 3.8) is 0 Å². The second-order valence-electron chi connectivity index (χ2n) is 5.77. The topological polar surface area (TPSA) is 38.3 Å². The van der Waals surface area contributed by atoms with Gasteiger partial charge in [0, 0.05) is 11.1 Å². The Labute approximate surface area is 142 Å². The minimum atomic E-state index is -0.573. The molecule has 3 aromatic carbocycles. The molecule has 3 rings (SSSR count). The molecule has 0 aliphatic rings. The molecular formula is C21H21NO2. The van der Waals surface area contributed by atoms with Crippen molar-refractivity contribution in [2.24, 2.45) is 0 Å². The monoisotopic (exact) mass is 319 g/mol. The number of rotatable bonds is 5. The third-order valence-corrected chi connectivity index (χ3v) is 4.06. The molecule has 0 unspecified atom stereocenters. The molecule has 0 fully saturated rings. The number of anilines is 1. The van der Waals surface area contributed by atoms with Gasteiger partial charge in [0.05, 0.1) is 0 Å². The lowest BCUT2D eigenvalue weighted by molar-refractivity contribution is -0.122. The second kappa shape index (κ2) is 7.18. The number of aryl methyl sites for hydroxylation is 1. The molecule has 1 amide bonds. The van der Waals surface area contributed by atoms with Crippen LogP contribution in [0.5, 0.6) is 5.75 Å². The van der Waals surface area contributed by atoms with Crippen LogP contribution in [-0.4, -0.2) is 12.0 Å². The molecule has 3 aromatic rings. The summed E-state index contributed by atoms with van der Waals surface area (Å²) in [6.45, 7) is 3.87. The maximum atomic E-state index is 12.4. The molecule has 0 heterocycles. The fourth-order valence-corrected chi connectivity index (χ4v) is 2.63. The molecule has 0 aromatic heterocycles. The van der Waals surface area contributed by atoms with Crippen molar-refractivity contribution in [3.8, 4) is 5.75 Å². The molecule has 3 heteroatoms. The summed E-state index contributed by atoms with van der Waals surface area (Å²) in [4.78, 5) is 12.4. The Morgan fingerprint density at radius 2 is 1.71 bits per heavy atom. The summed E-state index contributed by atoms with van der Waals surface area (Å²) in [7, 11) is 0. The van der Waals surface area contributed by atoms with E-state index in [4.69, 9.17) is 4.74 Å². The van der Waals surface area contributed by atoms with Gasteiger partial charge in [0.25, 0.3) is 5.91 Å². The first kappa shape index (κ1) is 16.1. The molecular weight excluding hydrogens is 298 g/mol. The van der Waals surface area contributed by atoms with Crippen molar-refractivity contribution in [1.82, 2.24) is 0 Å². The van der Waals surface area contributed by atoms with E-state index in [0.29, 0.717) is 5.75 Å². The van der Waals surface area contributed by atoms with Crippen LogP contribution in [-0.2, 0) is 11.2 Å². The van der Waals surface area contributed by atoms with Gasteiger partial charge < -0.3 is 10.1 Å². The molecule has 1 atom stereocenters. The number of ether oxygens (including phenoxy) is 1. The zero-order valence-corrected chi connectivity index (χ0v) is 14.0. The van der Waals surface area contributed by atoms with Gasteiger partial charge in [-0.25, -0.2) is 0 Å². The van der Waals surface area contributed by atoms with Gasteiger partial charge in [-0.3, -0.25) is 4.79 Å². The molecule has 0 bridgehead atoms. The average Bonchev–Trinajstić information content (AvgIpc) is 2.62. The zero-order chi connectivity index (χ0) is 16.9. The number of carbonyl (C=O) groups is 1. The summed E-state index contributed by atoms with van der Waals surface area (Å²) in [6.07, 6.45) is 0.411. The Balaban J connectivity index is 1.71. The van der Waals surface area contributed by atoms with Crippen molar-refractivity contribution in [2.45, 2.75) is 26.4 Å². The Bertz CT molecular complexity index is 835. The highest BCUT2D eigenvalue weighted by Crippen LogP contribution is 2.23. The number of hydrogen-bond donors (Lipinski definition) is 1. The van der Waals surface area contributed by atoms with E-state index in [-0.39, 0.29) is 5.91 Å². The largest absolute Gasteiger partial charge is 0.481 e. The Morgan fingerprint density at radius 3 is 2.46 bits per heavy atom. The first-order valence-corrected chi connectivity index (χ1v) is 8.21. The molecule has 0 aliphatic heterocycles. The Kier molecular flexibility index (Phi) is 4.80. The van der Waals surface area contributed by atoms with E-state index in [2.05, 4.69) is 12.2 Å². The van der Waals surface area contributed by atoms with Crippen molar-refractivity contribution in [3.05, 3.63) is 72.3 Å². The van der Waals surface area contributed by atoms with Gasteiger partial charge >= 0.3 is 0 Å². The van der Waals surface area contributed by atoms with Crippen LogP contribution in [0.15, 0.2) is 66.7 Å². The normalized spacial score (nSPS) is 11.9. The highest BCUT2D eigenvalue weighted by atomic mass is 16.5. The molecule has 122 valence electrons. The van der Waals surface area contributed by atoms with Crippen LogP contribution in [0.4, 0.5) is 5.69 Å². The fraction of sp³-hybridized carbons (Fsp3) is 0.190. The van der Waals surface area contributed by atoms with Crippen LogP contribution >= 0.6 is 0 Å². The average molecular weight is 319 g/mol. The van der Waals surface area contributed by atoms with Crippen LogP contribution in [0.3, 0.4) is 0 Å². The number of nitrogens with one attached hydrogen (secondary N) is 1. The lowest BCUT2D eigenvalue weighted by atomic mass is 10.1. The van der Waals surface area contributed by atoms with Crippen molar-refractivity contribution >= 4 is 22.4 Å². The Hall–Kier alpha value is -2.81. The molecule has 0 aliphatic carbocycles. The minimum Gasteiger partial charge on any atom is -0.481 e. The number of amides is 1. The van der Waals surface area contributed by atoms with Gasteiger partial charge in [-0.05, 0) is 42.5 Å². The Morgan fingerprint density at radius 1 is 1.00 bits per heavy atom. The van der Waals surface area contributed by atoms with Crippen LogP contribution in [0.1, 0.15) is 19.4 Å². The van der Waals surface area contributed by atoms with E-state index in [0.717, 1.165) is 22.9 Å². The van der Waals surface area contributed by atoms with Gasteiger partial charge in [0.15, 0.2) is 6.10 Å². The molecule has 1 N–H and O–H groups in total. The number of fused-ring (bicyclic) bond motifs is 1. The van der Waals surface area contributed by atoms with E-state index in [1.165, 1.54) is 5.56 Å². The summed E-state index contributed by atoms with van der Waals surface area (Å²) < 4.78 is 5.75. The van der Waals surface area contributed by atoms with Gasteiger partial charge in [-0.15, -0.1) is 0 Å². The SMILES string of the molecule is CCc1ccc(O[C@H](C)C(=O)Nc2cccc3ccccc23)cc1. The smallest absolute Gasteiger partial charge is 0.265 e. The van der Waals surface area contributed by atoms with Crippen LogP contribution in [0.25, 0.3) is 10.8 Å². The highest BCUT2D eigenvalue weighted by molar-refractivity contribution is 6.03. The van der Waals surface area contributed by atoms with Crippen molar-refractivity contribution in [2.75, 3.05) is 5.32 Å². The third kappa shape index (κ3) is 3.57. The standard InChI is InChI=1S/C21H21NO2/c1-3-16-11-13-18(14-12-16)24-15(2)21(23)22-20-10-6-8-17-7-4-5-9-19(17)20/h4-15H,3H2,1-2H3,(H,22,23)/t15-/m1/s1. The van der Waals surface area contributed by atoms with Crippen LogP contribution in [0.2, 0.25) is 0 Å².